The number of hydrogen-bond donors (Lipinski definition) is 1. The lowest BCUT2D eigenvalue weighted by Gasteiger charge is -2.40. The fourth-order valence-corrected chi connectivity index (χ4v) is 1.87. The number of piperazine rings is 1. The number of aliphatic hydroxyl groups is 1. The zero-order valence-electron chi connectivity index (χ0n) is 11.2. The summed E-state index contributed by atoms with van der Waals surface area (Å²) in [6.45, 7) is 14.0. The van der Waals surface area contributed by atoms with E-state index in [1.807, 2.05) is 25.7 Å². The van der Waals surface area contributed by atoms with E-state index in [-0.39, 0.29) is 5.60 Å². The Morgan fingerprint density at radius 3 is 1.81 bits per heavy atom. The van der Waals surface area contributed by atoms with Crippen LogP contribution in [0, 0.1) is 0 Å². The number of hydrogen-bond acceptors (Lipinski definition) is 4. The van der Waals surface area contributed by atoms with Crippen LogP contribution in [0.3, 0.4) is 0 Å². The molecule has 4 nitrogen and oxygen atoms in total. The highest BCUT2D eigenvalue weighted by atomic mass is 16.6. The van der Waals surface area contributed by atoms with Gasteiger partial charge in [0.25, 0.3) is 0 Å². The molecule has 96 valence electrons. The summed E-state index contributed by atoms with van der Waals surface area (Å²) in [5, 5.41) is 9.92. The second-order valence-corrected chi connectivity index (χ2v) is 5.72. The Morgan fingerprint density at radius 2 is 1.44 bits per heavy atom. The summed E-state index contributed by atoms with van der Waals surface area (Å²) in [4.78, 5) is 4.41. The molecule has 4 heteroatoms. The Hall–Kier alpha value is -0.160. The normalized spacial score (nSPS) is 22.7. The van der Waals surface area contributed by atoms with E-state index >= 15 is 0 Å². The highest BCUT2D eigenvalue weighted by molar-refractivity contribution is 4.74. The lowest BCUT2D eigenvalue weighted by molar-refractivity contribution is -0.244. The van der Waals surface area contributed by atoms with E-state index in [0.29, 0.717) is 6.04 Å². The van der Waals surface area contributed by atoms with Crippen LogP contribution in [0.1, 0.15) is 34.6 Å². The second-order valence-electron chi connectivity index (χ2n) is 5.72. The largest absolute Gasteiger partial charge is 0.356 e. The van der Waals surface area contributed by atoms with E-state index in [9.17, 15) is 5.11 Å². The first-order valence-corrected chi connectivity index (χ1v) is 6.13. The predicted octanol–water partition coefficient (Wildman–Crippen LogP) is 1.10. The van der Waals surface area contributed by atoms with Gasteiger partial charge in [0.15, 0.2) is 0 Å². The fourth-order valence-electron chi connectivity index (χ4n) is 1.87. The quantitative estimate of drug-likeness (QED) is 0.737. The maximum absolute atomic E-state index is 9.92. The number of aliphatic hydroxyl groups excluding tert-OH is 1. The molecule has 0 aliphatic carbocycles. The zero-order valence-corrected chi connectivity index (χ0v) is 11.2. The summed E-state index contributed by atoms with van der Waals surface area (Å²) >= 11 is 0. The molecule has 1 N–H and O–H groups in total. The number of nitrogens with zero attached hydrogens (tertiary/aromatic N) is 2. The molecule has 0 aromatic carbocycles. The Bertz CT molecular complexity index is 206. The Kier molecular flexibility index (Phi) is 4.73. The summed E-state index contributed by atoms with van der Waals surface area (Å²) in [7, 11) is 0. The number of ether oxygens (including phenoxy) is 1. The first-order chi connectivity index (χ1) is 7.29. The Balaban J connectivity index is 2.36. The Labute approximate surface area is 99.2 Å². The first-order valence-electron chi connectivity index (χ1n) is 6.13. The third kappa shape index (κ3) is 4.37. The Morgan fingerprint density at radius 1 is 1.00 bits per heavy atom. The summed E-state index contributed by atoms with van der Waals surface area (Å²) in [6, 6.07) is 0.586. The van der Waals surface area contributed by atoms with Crippen molar-refractivity contribution in [2.24, 2.45) is 0 Å². The van der Waals surface area contributed by atoms with Gasteiger partial charge in [-0.2, -0.15) is 0 Å². The van der Waals surface area contributed by atoms with Crippen molar-refractivity contribution in [1.82, 2.24) is 9.80 Å². The minimum Gasteiger partial charge on any atom is -0.356 e. The fraction of sp³-hybridized carbons (Fsp3) is 1.00. The molecule has 0 amide bonds. The van der Waals surface area contributed by atoms with Gasteiger partial charge in [-0.3, -0.25) is 9.80 Å². The van der Waals surface area contributed by atoms with E-state index in [1.165, 1.54) is 0 Å². The molecule has 0 aromatic rings. The van der Waals surface area contributed by atoms with Crippen LogP contribution in [-0.4, -0.2) is 59.1 Å². The van der Waals surface area contributed by atoms with E-state index < -0.39 is 6.41 Å². The lowest BCUT2D eigenvalue weighted by Crippen LogP contribution is -2.53. The van der Waals surface area contributed by atoms with Crippen molar-refractivity contribution in [3.8, 4) is 0 Å². The van der Waals surface area contributed by atoms with Gasteiger partial charge in [-0.1, -0.05) is 0 Å². The lowest BCUT2D eigenvalue weighted by atomic mass is 10.2. The average molecular weight is 230 g/mol. The summed E-state index contributed by atoms with van der Waals surface area (Å²) < 4.78 is 5.54. The molecule has 1 fully saturated rings. The number of rotatable bonds is 3. The molecule has 1 aliphatic rings. The predicted molar refractivity (Wildman–Crippen MR) is 65.1 cm³/mol. The molecule has 16 heavy (non-hydrogen) atoms. The molecule has 0 aromatic heterocycles. The van der Waals surface area contributed by atoms with Gasteiger partial charge in [-0.15, -0.1) is 0 Å². The smallest absolute Gasteiger partial charge is 0.216 e. The van der Waals surface area contributed by atoms with Crippen molar-refractivity contribution in [3.63, 3.8) is 0 Å². The molecule has 1 heterocycles. The van der Waals surface area contributed by atoms with Gasteiger partial charge < -0.3 is 9.84 Å². The van der Waals surface area contributed by atoms with Crippen molar-refractivity contribution in [2.75, 3.05) is 26.2 Å². The van der Waals surface area contributed by atoms with E-state index in [1.54, 1.807) is 0 Å². The molecule has 1 atom stereocenters. The minimum atomic E-state index is -0.769. The molecular weight excluding hydrogens is 204 g/mol. The maximum atomic E-state index is 9.92. The second kappa shape index (κ2) is 5.45. The third-order valence-electron chi connectivity index (χ3n) is 2.85. The van der Waals surface area contributed by atoms with Crippen LogP contribution in [0.25, 0.3) is 0 Å². The topological polar surface area (TPSA) is 35.9 Å². The molecule has 1 aliphatic heterocycles. The van der Waals surface area contributed by atoms with Crippen molar-refractivity contribution < 1.29 is 9.84 Å². The molecule has 1 rings (SSSR count). The minimum absolute atomic E-state index is 0.297. The molecule has 0 bridgehead atoms. The standard InChI is InChI=1S/C12H26N2O2/c1-10(2)13-6-8-14(9-7-13)11(15)16-12(3,4)5/h10-11,15H,6-9H2,1-5H3. The first kappa shape index (κ1) is 13.9. The van der Waals surface area contributed by atoms with Crippen molar-refractivity contribution in [2.45, 2.75) is 52.7 Å². The highest BCUT2D eigenvalue weighted by Gasteiger charge is 2.26. The summed E-state index contributed by atoms with van der Waals surface area (Å²) in [5.41, 5.74) is -0.297. The van der Waals surface area contributed by atoms with Gasteiger partial charge in [0.2, 0.25) is 6.41 Å². The molecule has 1 saturated heterocycles. The van der Waals surface area contributed by atoms with Crippen molar-refractivity contribution in [1.29, 1.82) is 0 Å². The average Bonchev–Trinajstić information content (AvgIpc) is 2.15. The zero-order chi connectivity index (χ0) is 12.3. The molecule has 1 unspecified atom stereocenters. The maximum Gasteiger partial charge on any atom is 0.216 e. The molecule has 0 radical (unpaired) electrons. The van der Waals surface area contributed by atoms with Gasteiger partial charge in [-0.25, -0.2) is 0 Å². The van der Waals surface area contributed by atoms with Crippen LogP contribution < -0.4 is 0 Å². The van der Waals surface area contributed by atoms with Crippen molar-refractivity contribution >= 4 is 0 Å². The van der Waals surface area contributed by atoms with E-state index in [2.05, 4.69) is 18.7 Å². The highest BCUT2D eigenvalue weighted by Crippen LogP contribution is 2.14. The van der Waals surface area contributed by atoms with Crippen LogP contribution in [0.15, 0.2) is 0 Å². The summed E-state index contributed by atoms with van der Waals surface area (Å²) in [5.74, 6) is 0. The van der Waals surface area contributed by atoms with Crippen LogP contribution in [0.5, 0.6) is 0 Å². The SMILES string of the molecule is CC(C)N1CCN(C(O)OC(C)(C)C)CC1. The van der Waals surface area contributed by atoms with Gasteiger partial charge in [0, 0.05) is 32.2 Å². The van der Waals surface area contributed by atoms with Crippen LogP contribution in [-0.2, 0) is 4.74 Å². The van der Waals surface area contributed by atoms with Crippen LogP contribution in [0.4, 0.5) is 0 Å². The molecule has 0 spiro atoms. The molecular formula is C12H26N2O2. The third-order valence-corrected chi connectivity index (χ3v) is 2.85. The van der Waals surface area contributed by atoms with E-state index in [4.69, 9.17) is 4.74 Å². The van der Waals surface area contributed by atoms with Gasteiger partial charge >= 0.3 is 0 Å². The monoisotopic (exact) mass is 230 g/mol. The van der Waals surface area contributed by atoms with Crippen LogP contribution >= 0.6 is 0 Å². The molecule has 0 saturated carbocycles. The van der Waals surface area contributed by atoms with Gasteiger partial charge in [0.05, 0.1) is 5.60 Å². The van der Waals surface area contributed by atoms with Gasteiger partial charge in [0.1, 0.15) is 0 Å². The van der Waals surface area contributed by atoms with E-state index in [0.717, 1.165) is 26.2 Å². The van der Waals surface area contributed by atoms with Gasteiger partial charge in [-0.05, 0) is 34.6 Å². The summed E-state index contributed by atoms with van der Waals surface area (Å²) in [6.07, 6.45) is -0.769. The van der Waals surface area contributed by atoms with Crippen LogP contribution in [0.2, 0.25) is 0 Å². The van der Waals surface area contributed by atoms with Crippen molar-refractivity contribution in [3.05, 3.63) is 0 Å².